The second kappa shape index (κ2) is 4.89. The molecule has 0 unspecified atom stereocenters. The molecule has 2 rings (SSSR count). The topological polar surface area (TPSA) is 55.3 Å². The predicted molar refractivity (Wildman–Crippen MR) is 71.1 cm³/mol. The highest BCUT2D eigenvalue weighted by Crippen LogP contribution is 2.33. The highest BCUT2D eigenvalue weighted by Gasteiger charge is 2.14. The van der Waals surface area contributed by atoms with E-state index in [4.69, 9.17) is 4.74 Å². The van der Waals surface area contributed by atoms with Crippen molar-refractivity contribution in [1.82, 2.24) is 14.9 Å². The van der Waals surface area contributed by atoms with E-state index in [0.29, 0.717) is 5.88 Å². The van der Waals surface area contributed by atoms with Crippen LogP contribution in [0.3, 0.4) is 0 Å². The fourth-order valence-electron chi connectivity index (χ4n) is 1.52. The molecule has 18 heavy (non-hydrogen) atoms. The van der Waals surface area contributed by atoms with E-state index >= 15 is 0 Å². The van der Waals surface area contributed by atoms with Gasteiger partial charge in [0.15, 0.2) is 6.61 Å². The largest absolute Gasteiger partial charge is 0.467 e. The van der Waals surface area contributed by atoms with Gasteiger partial charge in [0.25, 0.3) is 5.91 Å². The summed E-state index contributed by atoms with van der Waals surface area (Å²) < 4.78 is 5.50. The standard InChI is InChI=1S/C12H15N3O2S/c1-7-8(2)18-12-10(7)11(13-6-14-12)17-5-9(16)15(3)4/h6H,5H2,1-4H3. The van der Waals surface area contributed by atoms with E-state index in [2.05, 4.69) is 9.97 Å². The molecule has 0 aromatic carbocycles. The summed E-state index contributed by atoms with van der Waals surface area (Å²) in [6.07, 6.45) is 1.47. The number of rotatable bonds is 3. The molecule has 0 bridgehead atoms. The maximum Gasteiger partial charge on any atom is 0.260 e. The molecule has 0 aliphatic heterocycles. The van der Waals surface area contributed by atoms with Crippen molar-refractivity contribution in [3.8, 4) is 5.88 Å². The average molecular weight is 265 g/mol. The first-order valence-corrected chi connectivity index (χ1v) is 6.36. The molecule has 0 spiro atoms. The molecule has 6 heteroatoms. The third-order valence-electron chi connectivity index (χ3n) is 2.76. The van der Waals surface area contributed by atoms with E-state index < -0.39 is 0 Å². The molecule has 1 amide bonds. The van der Waals surface area contributed by atoms with Crippen LogP contribution < -0.4 is 4.74 Å². The zero-order chi connectivity index (χ0) is 13.3. The molecule has 0 saturated carbocycles. The number of thiophene rings is 1. The number of carbonyl (C=O) groups is 1. The third-order valence-corrected chi connectivity index (χ3v) is 3.88. The van der Waals surface area contributed by atoms with Crippen molar-refractivity contribution in [3.63, 3.8) is 0 Å². The van der Waals surface area contributed by atoms with Crippen molar-refractivity contribution >= 4 is 27.5 Å². The Morgan fingerprint density at radius 3 is 2.78 bits per heavy atom. The molecular weight excluding hydrogens is 250 g/mol. The quantitative estimate of drug-likeness (QED) is 0.848. The number of hydrogen-bond acceptors (Lipinski definition) is 5. The predicted octanol–water partition coefficient (Wildman–Crippen LogP) is 1.78. The fraction of sp³-hybridized carbons (Fsp3) is 0.417. The summed E-state index contributed by atoms with van der Waals surface area (Å²) in [4.78, 5) is 23.4. The van der Waals surface area contributed by atoms with Gasteiger partial charge in [-0.2, -0.15) is 0 Å². The third kappa shape index (κ3) is 2.28. The Labute approximate surface area is 109 Å². The Bertz CT molecular complexity index is 592. The molecule has 2 aromatic rings. The smallest absolute Gasteiger partial charge is 0.260 e. The van der Waals surface area contributed by atoms with Crippen LogP contribution in [0.15, 0.2) is 6.33 Å². The van der Waals surface area contributed by atoms with Crippen molar-refractivity contribution in [2.45, 2.75) is 13.8 Å². The van der Waals surface area contributed by atoms with E-state index in [1.165, 1.54) is 16.1 Å². The zero-order valence-corrected chi connectivity index (χ0v) is 11.7. The highest BCUT2D eigenvalue weighted by atomic mass is 32.1. The van der Waals surface area contributed by atoms with Gasteiger partial charge in [-0.1, -0.05) is 0 Å². The maximum atomic E-state index is 11.5. The maximum absolute atomic E-state index is 11.5. The molecule has 0 saturated heterocycles. The Balaban J connectivity index is 2.31. The normalized spacial score (nSPS) is 10.7. The van der Waals surface area contributed by atoms with Gasteiger partial charge >= 0.3 is 0 Å². The van der Waals surface area contributed by atoms with E-state index in [-0.39, 0.29) is 12.5 Å². The minimum absolute atomic E-state index is 0.00650. The number of ether oxygens (including phenoxy) is 1. The average Bonchev–Trinajstić information content (AvgIpc) is 2.62. The molecule has 0 radical (unpaired) electrons. The lowest BCUT2D eigenvalue weighted by atomic mass is 10.2. The molecule has 0 fully saturated rings. The van der Waals surface area contributed by atoms with Crippen molar-refractivity contribution < 1.29 is 9.53 Å². The van der Waals surface area contributed by atoms with Crippen molar-refractivity contribution in [2.75, 3.05) is 20.7 Å². The fourth-order valence-corrected chi connectivity index (χ4v) is 2.51. The van der Waals surface area contributed by atoms with Gasteiger partial charge in [0.05, 0.1) is 5.39 Å². The SMILES string of the molecule is Cc1sc2ncnc(OCC(=O)N(C)C)c2c1C. The van der Waals surface area contributed by atoms with E-state index in [1.807, 2.05) is 13.8 Å². The minimum Gasteiger partial charge on any atom is -0.467 e. The van der Waals surface area contributed by atoms with Crippen LogP contribution in [0.5, 0.6) is 5.88 Å². The van der Waals surface area contributed by atoms with Crippen molar-refractivity contribution in [1.29, 1.82) is 0 Å². The summed E-state index contributed by atoms with van der Waals surface area (Å²) in [5.74, 6) is 0.392. The summed E-state index contributed by atoms with van der Waals surface area (Å²) in [7, 11) is 3.39. The van der Waals surface area contributed by atoms with Gasteiger partial charge in [-0.25, -0.2) is 9.97 Å². The number of fused-ring (bicyclic) bond motifs is 1. The Hall–Kier alpha value is -1.69. The number of likely N-dealkylation sites (N-methyl/N-ethyl adjacent to an activating group) is 1. The zero-order valence-electron chi connectivity index (χ0n) is 10.9. The van der Waals surface area contributed by atoms with Crippen molar-refractivity contribution in [3.05, 3.63) is 16.8 Å². The highest BCUT2D eigenvalue weighted by molar-refractivity contribution is 7.18. The molecular formula is C12H15N3O2S. The van der Waals surface area contributed by atoms with Crippen LogP contribution in [0.1, 0.15) is 10.4 Å². The van der Waals surface area contributed by atoms with Crippen LogP contribution in [-0.4, -0.2) is 41.5 Å². The summed E-state index contributed by atoms with van der Waals surface area (Å²) >= 11 is 1.61. The summed E-state index contributed by atoms with van der Waals surface area (Å²) in [6, 6.07) is 0. The van der Waals surface area contributed by atoms with Crippen LogP contribution in [0.25, 0.3) is 10.2 Å². The Morgan fingerprint density at radius 1 is 1.39 bits per heavy atom. The first kappa shape index (κ1) is 12.8. The van der Waals surface area contributed by atoms with Crippen LogP contribution in [0.2, 0.25) is 0 Å². The summed E-state index contributed by atoms with van der Waals surface area (Å²) in [5, 5.41) is 0.909. The molecule has 0 atom stereocenters. The second-order valence-corrected chi connectivity index (χ2v) is 5.42. The van der Waals surface area contributed by atoms with Gasteiger partial charge in [0.1, 0.15) is 11.2 Å². The van der Waals surface area contributed by atoms with Gasteiger partial charge in [-0.15, -0.1) is 11.3 Å². The number of aromatic nitrogens is 2. The van der Waals surface area contributed by atoms with Crippen molar-refractivity contribution in [2.24, 2.45) is 0 Å². The number of nitrogens with zero attached hydrogens (tertiary/aromatic N) is 3. The van der Waals surface area contributed by atoms with Gasteiger partial charge in [0.2, 0.25) is 5.88 Å². The Kier molecular flexibility index (Phi) is 3.47. The van der Waals surface area contributed by atoms with E-state index in [0.717, 1.165) is 15.8 Å². The second-order valence-electron chi connectivity index (χ2n) is 4.22. The van der Waals surface area contributed by atoms with Gasteiger partial charge in [-0.3, -0.25) is 4.79 Å². The molecule has 0 N–H and O–H groups in total. The van der Waals surface area contributed by atoms with Gasteiger partial charge < -0.3 is 9.64 Å². The van der Waals surface area contributed by atoms with Crippen LogP contribution in [-0.2, 0) is 4.79 Å². The number of aryl methyl sites for hydroxylation is 2. The van der Waals surface area contributed by atoms with Crippen LogP contribution in [0.4, 0.5) is 0 Å². The van der Waals surface area contributed by atoms with Gasteiger partial charge in [0, 0.05) is 19.0 Å². The number of amides is 1. The lowest BCUT2D eigenvalue weighted by Gasteiger charge is -2.11. The molecule has 2 heterocycles. The van der Waals surface area contributed by atoms with Gasteiger partial charge in [-0.05, 0) is 19.4 Å². The summed E-state index contributed by atoms with van der Waals surface area (Å²) in [6.45, 7) is 4.04. The molecule has 2 aromatic heterocycles. The summed E-state index contributed by atoms with van der Waals surface area (Å²) in [5.41, 5.74) is 1.11. The number of carbonyl (C=O) groups excluding carboxylic acids is 1. The first-order valence-electron chi connectivity index (χ1n) is 5.54. The van der Waals surface area contributed by atoms with E-state index in [1.54, 1.807) is 25.4 Å². The lowest BCUT2D eigenvalue weighted by Crippen LogP contribution is -2.27. The minimum atomic E-state index is -0.0913. The monoisotopic (exact) mass is 265 g/mol. The Morgan fingerprint density at radius 2 is 2.11 bits per heavy atom. The van der Waals surface area contributed by atoms with Crippen LogP contribution in [0, 0.1) is 13.8 Å². The van der Waals surface area contributed by atoms with E-state index in [9.17, 15) is 4.79 Å². The molecule has 0 aliphatic carbocycles. The molecule has 96 valence electrons. The first-order chi connectivity index (χ1) is 8.50. The molecule has 0 aliphatic rings. The number of hydrogen-bond donors (Lipinski definition) is 0. The molecule has 5 nitrogen and oxygen atoms in total. The van der Waals surface area contributed by atoms with Crippen LogP contribution >= 0.6 is 11.3 Å². The lowest BCUT2D eigenvalue weighted by molar-refractivity contribution is -0.130.